The lowest BCUT2D eigenvalue weighted by molar-refractivity contribution is 0.103. The zero-order valence-corrected chi connectivity index (χ0v) is 16.5. The molecule has 150 valence electrons. The van der Waals surface area contributed by atoms with Gasteiger partial charge in [-0.3, -0.25) is 4.79 Å². The Morgan fingerprint density at radius 2 is 1.80 bits per heavy atom. The summed E-state index contributed by atoms with van der Waals surface area (Å²) in [4.78, 5) is 13.3. The molecule has 1 aliphatic rings. The Balaban J connectivity index is 1.65. The molecule has 0 saturated heterocycles. The number of aliphatic hydroxyl groups excluding tert-OH is 1. The monoisotopic (exact) mass is 401 g/mol. The molecule has 1 aliphatic carbocycles. The van der Waals surface area contributed by atoms with Crippen molar-refractivity contribution in [2.75, 3.05) is 7.11 Å². The molecular weight excluding hydrogens is 382 g/mol. The number of hydrogen-bond donors (Lipinski definition) is 1. The third-order valence-electron chi connectivity index (χ3n) is 5.43. The van der Waals surface area contributed by atoms with Gasteiger partial charge in [0.25, 0.3) is 0 Å². The van der Waals surface area contributed by atoms with E-state index in [1.54, 1.807) is 36.4 Å². The third-order valence-corrected chi connectivity index (χ3v) is 5.43. The summed E-state index contributed by atoms with van der Waals surface area (Å²) in [6.45, 7) is 1.90. The average Bonchev–Trinajstić information content (AvgIpc) is 3.22. The van der Waals surface area contributed by atoms with Crippen molar-refractivity contribution in [2.45, 2.75) is 19.4 Å². The van der Waals surface area contributed by atoms with Crippen LogP contribution in [0.4, 0.5) is 0 Å². The Morgan fingerprint density at radius 1 is 1.03 bits per heavy atom. The van der Waals surface area contributed by atoms with E-state index in [1.807, 2.05) is 25.1 Å². The van der Waals surface area contributed by atoms with Crippen molar-refractivity contribution in [3.8, 4) is 28.6 Å². The Morgan fingerprint density at radius 3 is 2.57 bits per heavy atom. The van der Waals surface area contributed by atoms with Gasteiger partial charge in [0.1, 0.15) is 11.3 Å². The zero-order chi connectivity index (χ0) is 20.8. The quantitative estimate of drug-likeness (QED) is 0.431. The van der Waals surface area contributed by atoms with Gasteiger partial charge in [-0.1, -0.05) is 42.4 Å². The van der Waals surface area contributed by atoms with E-state index in [0.717, 1.165) is 11.1 Å². The number of carbonyl (C=O) groups excluding carboxylic acids is 1. The Kier molecular flexibility index (Phi) is 4.29. The Bertz CT molecular complexity index is 1290. The van der Waals surface area contributed by atoms with E-state index in [2.05, 4.69) is 5.16 Å². The molecule has 0 amide bonds. The lowest BCUT2D eigenvalue weighted by Gasteiger charge is -2.18. The molecule has 30 heavy (non-hydrogen) atoms. The number of fused-ring (bicyclic) bond motifs is 2. The average molecular weight is 401 g/mol. The van der Waals surface area contributed by atoms with Crippen LogP contribution in [0.1, 0.15) is 40.9 Å². The van der Waals surface area contributed by atoms with Gasteiger partial charge in [0.15, 0.2) is 23.0 Å². The lowest BCUT2D eigenvalue weighted by atomic mass is 9.87. The molecular formula is C24H19NO5. The SMILES string of the molecule is CCC(O)c1ccc(Oc2ccc3noc4c3c2C(=O)c2ccccc2-4)c(OC)c1. The molecule has 1 heterocycles. The summed E-state index contributed by atoms with van der Waals surface area (Å²) in [7, 11) is 1.54. The number of ketones is 1. The normalized spacial score (nSPS) is 13.2. The van der Waals surface area contributed by atoms with Gasteiger partial charge >= 0.3 is 0 Å². The molecule has 0 spiro atoms. The Labute approximate surface area is 172 Å². The highest BCUT2D eigenvalue weighted by molar-refractivity contribution is 6.26. The van der Waals surface area contributed by atoms with Gasteiger partial charge in [0.05, 0.1) is 24.2 Å². The third kappa shape index (κ3) is 2.69. The molecule has 1 atom stereocenters. The van der Waals surface area contributed by atoms with Crippen molar-refractivity contribution < 1.29 is 23.9 Å². The summed E-state index contributed by atoms with van der Waals surface area (Å²) >= 11 is 0. The van der Waals surface area contributed by atoms with E-state index in [0.29, 0.717) is 51.5 Å². The van der Waals surface area contributed by atoms with Gasteiger partial charge in [-0.2, -0.15) is 0 Å². The summed E-state index contributed by atoms with van der Waals surface area (Å²) in [5.74, 6) is 1.74. The maximum Gasteiger partial charge on any atom is 0.198 e. The fourth-order valence-corrected chi connectivity index (χ4v) is 3.86. The lowest BCUT2D eigenvalue weighted by Crippen LogP contribution is -2.10. The smallest absolute Gasteiger partial charge is 0.198 e. The minimum atomic E-state index is -0.580. The first-order chi connectivity index (χ1) is 14.6. The summed E-state index contributed by atoms with van der Waals surface area (Å²) < 4.78 is 17.2. The van der Waals surface area contributed by atoms with E-state index >= 15 is 0 Å². The maximum atomic E-state index is 13.3. The van der Waals surface area contributed by atoms with Crippen LogP contribution in [0.2, 0.25) is 0 Å². The minimum absolute atomic E-state index is 0.140. The molecule has 1 N–H and O–H groups in total. The van der Waals surface area contributed by atoms with Gasteiger partial charge in [-0.25, -0.2) is 0 Å². The summed E-state index contributed by atoms with van der Waals surface area (Å²) in [6, 6.07) is 16.1. The van der Waals surface area contributed by atoms with Crippen LogP contribution in [-0.4, -0.2) is 23.2 Å². The van der Waals surface area contributed by atoms with Gasteiger partial charge in [-0.05, 0) is 36.2 Å². The van der Waals surface area contributed by atoms with Gasteiger partial charge < -0.3 is 19.1 Å². The van der Waals surface area contributed by atoms with Crippen molar-refractivity contribution in [1.29, 1.82) is 0 Å². The molecule has 6 heteroatoms. The van der Waals surface area contributed by atoms with Crippen molar-refractivity contribution in [2.24, 2.45) is 0 Å². The molecule has 0 bridgehead atoms. The number of hydrogen-bond acceptors (Lipinski definition) is 6. The number of aromatic nitrogens is 1. The fraction of sp³-hybridized carbons (Fsp3) is 0.167. The van der Waals surface area contributed by atoms with Gasteiger partial charge in [-0.15, -0.1) is 0 Å². The fourth-order valence-electron chi connectivity index (χ4n) is 3.86. The van der Waals surface area contributed by atoms with Gasteiger partial charge in [0, 0.05) is 11.1 Å². The first kappa shape index (κ1) is 18.4. The second-order valence-corrected chi connectivity index (χ2v) is 7.16. The molecule has 0 radical (unpaired) electrons. The van der Waals surface area contributed by atoms with Crippen molar-refractivity contribution in [3.63, 3.8) is 0 Å². The molecule has 1 aromatic heterocycles. The molecule has 0 fully saturated rings. The van der Waals surface area contributed by atoms with Crippen LogP contribution in [0.3, 0.4) is 0 Å². The minimum Gasteiger partial charge on any atom is -0.493 e. The summed E-state index contributed by atoms with van der Waals surface area (Å²) in [6.07, 6.45) is 0.0112. The summed E-state index contributed by atoms with van der Waals surface area (Å²) in [5.41, 5.74) is 3.04. The topological polar surface area (TPSA) is 81.8 Å². The van der Waals surface area contributed by atoms with Crippen molar-refractivity contribution >= 4 is 16.7 Å². The molecule has 6 nitrogen and oxygen atoms in total. The predicted octanol–water partition coefficient (Wildman–Crippen LogP) is 5.28. The molecule has 3 aromatic carbocycles. The number of carbonyl (C=O) groups is 1. The van der Waals surface area contributed by atoms with Crippen LogP contribution in [-0.2, 0) is 0 Å². The van der Waals surface area contributed by atoms with Crippen LogP contribution in [0.5, 0.6) is 17.2 Å². The molecule has 1 unspecified atom stereocenters. The van der Waals surface area contributed by atoms with E-state index in [1.165, 1.54) is 7.11 Å². The summed E-state index contributed by atoms with van der Waals surface area (Å²) in [5, 5.41) is 14.9. The van der Waals surface area contributed by atoms with Crippen LogP contribution in [0, 0.1) is 0 Å². The zero-order valence-electron chi connectivity index (χ0n) is 16.5. The standard InChI is InChI=1S/C24H19NO5/c1-3-17(26)13-8-10-18(20(12-13)28-2)29-19-11-9-16-21-22(19)23(27)14-6-4-5-7-15(14)24(21)30-25-16/h4-12,17,26H,3H2,1-2H3. The molecule has 0 saturated carbocycles. The largest absolute Gasteiger partial charge is 0.493 e. The first-order valence-electron chi connectivity index (χ1n) is 9.72. The van der Waals surface area contributed by atoms with E-state index in [9.17, 15) is 9.90 Å². The first-order valence-corrected chi connectivity index (χ1v) is 9.72. The van der Waals surface area contributed by atoms with E-state index in [-0.39, 0.29) is 5.78 Å². The number of nitrogens with zero attached hydrogens (tertiary/aromatic N) is 1. The number of rotatable bonds is 5. The van der Waals surface area contributed by atoms with Crippen molar-refractivity contribution in [3.05, 3.63) is 71.3 Å². The van der Waals surface area contributed by atoms with Crippen molar-refractivity contribution in [1.82, 2.24) is 5.16 Å². The second-order valence-electron chi connectivity index (χ2n) is 7.16. The predicted molar refractivity (Wildman–Crippen MR) is 111 cm³/mol. The highest BCUT2D eigenvalue weighted by Gasteiger charge is 2.32. The van der Waals surface area contributed by atoms with Crippen LogP contribution in [0.15, 0.2) is 59.1 Å². The highest BCUT2D eigenvalue weighted by atomic mass is 16.5. The number of benzene rings is 3. The Hall–Kier alpha value is -3.64. The van der Waals surface area contributed by atoms with E-state index in [4.69, 9.17) is 14.0 Å². The van der Waals surface area contributed by atoms with Crippen LogP contribution in [0.25, 0.3) is 22.2 Å². The van der Waals surface area contributed by atoms with E-state index < -0.39 is 6.10 Å². The second kappa shape index (κ2) is 7.00. The highest BCUT2D eigenvalue weighted by Crippen LogP contribution is 2.45. The van der Waals surface area contributed by atoms with Crippen LogP contribution < -0.4 is 9.47 Å². The molecule has 4 aromatic rings. The maximum absolute atomic E-state index is 13.3. The number of aliphatic hydroxyl groups is 1. The molecule has 5 rings (SSSR count). The number of ether oxygens (including phenoxy) is 2. The molecule has 0 aliphatic heterocycles. The number of methoxy groups -OCH3 is 1. The van der Waals surface area contributed by atoms with Gasteiger partial charge in [0.2, 0.25) is 0 Å². The van der Waals surface area contributed by atoms with Crippen LogP contribution >= 0.6 is 0 Å².